The Bertz CT molecular complexity index is 1510. The fourth-order valence-electron chi connectivity index (χ4n) is 5.17. The molecule has 2 fully saturated rings. The van der Waals surface area contributed by atoms with E-state index in [1.165, 1.54) is 10.8 Å². The van der Waals surface area contributed by atoms with Crippen molar-refractivity contribution in [3.05, 3.63) is 51.1 Å². The molecule has 14 heteroatoms. The monoisotopic (exact) mass is 554 g/mol. The maximum Gasteiger partial charge on any atom is 0.330 e. The van der Waals surface area contributed by atoms with Gasteiger partial charge in [0.2, 0.25) is 5.95 Å². The predicted molar refractivity (Wildman–Crippen MR) is 145 cm³/mol. The van der Waals surface area contributed by atoms with Gasteiger partial charge in [-0.05, 0) is 26.2 Å². The minimum absolute atomic E-state index is 0.102. The van der Waals surface area contributed by atoms with E-state index in [0.29, 0.717) is 37.2 Å². The van der Waals surface area contributed by atoms with Crippen LogP contribution in [0.5, 0.6) is 0 Å². The topological polar surface area (TPSA) is 184 Å². The zero-order chi connectivity index (χ0) is 27.8. The molecule has 0 aromatic carbocycles. The van der Waals surface area contributed by atoms with Gasteiger partial charge in [0.05, 0.1) is 44.9 Å². The fraction of sp³-hybridized carbons (Fsp3) is 0.577. The number of aliphatic hydroxyl groups excluding tert-OH is 1. The highest BCUT2D eigenvalue weighted by molar-refractivity contribution is 5.84. The van der Waals surface area contributed by atoms with Crippen molar-refractivity contribution < 1.29 is 19.3 Å². The Morgan fingerprint density at radius 3 is 2.75 bits per heavy atom. The van der Waals surface area contributed by atoms with E-state index >= 15 is 0 Å². The third-order valence-corrected chi connectivity index (χ3v) is 7.51. The van der Waals surface area contributed by atoms with Crippen LogP contribution in [0, 0.1) is 12.8 Å². The second kappa shape index (κ2) is 11.1. The lowest BCUT2D eigenvalue weighted by Gasteiger charge is -2.17. The number of anilines is 2. The van der Waals surface area contributed by atoms with Crippen LogP contribution in [0.4, 0.5) is 11.8 Å². The number of nitrogens with one attached hydrogen (secondary N) is 2. The van der Waals surface area contributed by atoms with E-state index in [2.05, 4.69) is 37.4 Å². The first-order chi connectivity index (χ1) is 19.4. The number of aryl methyl sites for hydroxylation is 1. The molecular weight excluding hydrogens is 520 g/mol. The van der Waals surface area contributed by atoms with Crippen molar-refractivity contribution in [1.82, 2.24) is 29.1 Å². The number of rotatable bonds is 11. The Labute approximate surface area is 229 Å². The van der Waals surface area contributed by atoms with Crippen molar-refractivity contribution in [2.24, 2.45) is 5.92 Å². The van der Waals surface area contributed by atoms with Crippen LogP contribution in [0.1, 0.15) is 43.5 Å². The number of H-pyrrole nitrogens is 1. The molecule has 0 radical (unpaired) electrons. The van der Waals surface area contributed by atoms with Crippen LogP contribution >= 0.6 is 0 Å². The molecule has 1 aliphatic heterocycles. The molecule has 3 aliphatic rings. The number of hydrogen-bond acceptors (Lipinski definition) is 11. The summed E-state index contributed by atoms with van der Waals surface area (Å²) in [7, 11) is 0. The van der Waals surface area contributed by atoms with E-state index in [1.807, 2.05) is 4.57 Å². The van der Waals surface area contributed by atoms with Crippen LogP contribution in [0.25, 0.3) is 11.2 Å². The lowest BCUT2D eigenvalue weighted by atomic mass is 10.1. The van der Waals surface area contributed by atoms with Gasteiger partial charge in [0.25, 0.3) is 5.56 Å². The summed E-state index contributed by atoms with van der Waals surface area (Å²) < 4.78 is 20.7. The molecule has 4 heterocycles. The Morgan fingerprint density at radius 1 is 1.15 bits per heavy atom. The van der Waals surface area contributed by atoms with E-state index in [1.54, 1.807) is 13.3 Å². The highest BCUT2D eigenvalue weighted by Gasteiger charge is 2.35. The number of aromatic amines is 1. The van der Waals surface area contributed by atoms with Gasteiger partial charge in [0.15, 0.2) is 17.0 Å². The van der Waals surface area contributed by atoms with Gasteiger partial charge in [0.1, 0.15) is 12.3 Å². The summed E-state index contributed by atoms with van der Waals surface area (Å²) in [5.74, 6) is 1.16. The summed E-state index contributed by atoms with van der Waals surface area (Å²) in [5.41, 5.74) is 6.82. The van der Waals surface area contributed by atoms with Crippen LogP contribution in [-0.2, 0) is 14.2 Å². The molecule has 0 spiro atoms. The molecule has 1 saturated heterocycles. The number of imidazole rings is 1. The van der Waals surface area contributed by atoms with E-state index < -0.39 is 29.7 Å². The van der Waals surface area contributed by atoms with Crippen molar-refractivity contribution in [2.45, 2.75) is 63.1 Å². The molecule has 1 saturated carbocycles. The van der Waals surface area contributed by atoms with Crippen molar-refractivity contribution in [3.8, 4) is 0 Å². The first-order valence-electron chi connectivity index (χ1n) is 13.6. The fourth-order valence-corrected chi connectivity index (χ4v) is 5.17. The average molecular weight is 555 g/mol. The molecule has 14 nitrogen and oxygen atoms in total. The van der Waals surface area contributed by atoms with Gasteiger partial charge in [-0.3, -0.25) is 14.3 Å². The summed E-state index contributed by atoms with van der Waals surface area (Å²) >= 11 is 0. The third-order valence-electron chi connectivity index (χ3n) is 7.51. The number of fused-ring (bicyclic) bond motifs is 1. The van der Waals surface area contributed by atoms with Crippen molar-refractivity contribution in [2.75, 3.05) is 37.5 Å². The van der Waals surface area contributed by atoms with Crippen molar-refractivity contribution in [1.29, 1.82) is 0 Å². The molecule has 2 aliphatic carbocycles. The predicted octanol–water partition coefficient (Wildman–Crippen LogP) is 0.640. The van der Waals surface area contributed by atoms with E-state index in [0.717, 1.165) is 30.4 Å². The van der Waals surface area contributed by atoms with Crippen molar-refractivity contribution >= 4 is 22.9 Å². The zero-order valence-electron chi connectivity index (χ0n) is 22.2. The maximum absolute atomic E-state index is 12.1. The van der Waals surface area contributed by atoms with Crippen LogP contribution in [0.2, 0.25) is 0 Å². The third kappa shape index (κ3) is 5.66. The average Bonchev–Trinajstić information content (AvgIpc) is 3.28. The highest BCUT2D eigenvalue weighted by atomic mass is 16.6. The second-order valence-corrected chi connectivity index (χ2v) is 10.7. The first-order valence-corrected chi connectivity index (χ1v) is 13.6. The van der Waals surface area contributed by atoms with Gasteiger partial charge >= 0.3 is 5.69 Å². The summed E-state index contributed by atoms with van der Waals surface area (Å²) in [6, 6.07) is 0.537. The summed E-state index contributed by atoms with van der Waals surface area (Å²) in [6.07, 6.45) is 8.84. The summed E-state index contributed by atoms with van der Waals surface area (Å²) in [6.45, 7) is 3.06. The lowest BCUT2D eigenvalue weighted by Crippen LogP contribution is -2.33. The van der Waals surface area contributed by atoms with Gasteiger partial charge in [0, 0.05) is 30.1 Å². The number of nitrogens with zero attached hydrogens (tertiary/aromatic N) is 5. The zero-order valence-corrected chi connectivity index (χ0v) is 22.2. The van der Waals surface area contributed by atoms with Gasteiger partial charge in [-0.2, -0.15) is 9.97 Å². The number of ether oxygens (including phenoxy) is 3. The molecule has 40 heavy (non-hydrogen) atoms. The number of nitrogens with two attached hydrogens (primary N) is 1. The molecule has 0 amide bonds. The number of aliphatic hydroxyl groups is 1. The van der Waals surface area contributed by atoms with Crippen LogP contribution in [0.15, 0.2) is 34.3 Å². The standard InChI is InChI=1S/C26H34N8O6/c1-14-10-33(26(37)32-24(14)36)20-9-18(35)19(40-20)12-39-7-6-38-11-15-2-5-17(8-15)34-13-28-21-22(29-16-3-4-16)30-25(27)31-23(21)34/h2,5,10,13,15-20,35H,3-4,6-9,11-12H2,1H3,(H,32,36,37)(H3,27,29,30,31)/t15-,17+,18?,19-,20-/m0/s1. The lowest BCUT2D eigenvalue weighted by molar-refractivity contribution is -0.0709. The molecule has 3 aromatic rings. The number of nitrogen functional groups attached to an aromatic ring is 1. The number of allylic oxidation sites excluding steroid dienone is 1. The first kappa shape index (κ1) is 26.6. The Hall–Kier alpha value is -3.59. The molecule has 6 rings (SSSR count). The van der Waals surface area contributed by atoms with E-state index in [4.69, 9.17) is 19.9 Å². The molecular formula is C26H34N8O6. The smallest absolute Gasteiger partial charge is 0.330 e. The molecule has 5 atom stereocenters. The van der Waals surface area contributed by atoms with Crippen molar-refractivity contribution in [3.63, 3.8) is 0 Å². The van der Waals surface area contributed by atoms with Gasteiger partial charge in [-0.15, -0.1) is 0 Å². The maximum atomic E-state index is 12.1. The highest BCUT2D eigenvalue weighted by Crippen LogP contribution is 2.33. The number of hydrogen-bond donors (Lipinski definition) is 4. The molecule has 0 bridgehead atoms. The van der Waals surface area contributed by atoms with Crippen LogP contribution in [0.3, 0.4) is 0 Å². The van der Waals surface area contributed by atoms with Crippen LogP contribution in [-0.4, -0.2) is 78.9 Å². The SMILES string of the molecule is Cc1cn([C@@H]2CC(O)[C@H](COCCOC[C@H]3C=C[C@@H](n4cnc5c(NC6CC6)nc(N)nc54)C3)O2)c(=O)[nH]c1=O. The molecule has 3 aromatic heterocycles. The summed E-state index contributed by atoms with van der Waals surface area (Å²) in [4.78, 5) is 39.3. The molecule has 5 N–H and O–H groups in total. The Morgan fingerprint density at radius 2 is 1.95 bits per heavy atom. The molecule has 214 valence electrons. The van der Waals surface area contributed by atoms with E-state index in [9.17, 15) is 14.7 Å². The minimum Gasteiger partial charge on any atom is -0.390 e. The largest absolute Gasteiger partial charge is 0.390 e. The Kier molecular flexibility index (Phi) is 7.40. The Balaban J connectivity index is 0.933. The second-order valence-electron chi connectivity index (χ2n) is 10.7. The molecule has 1 unspecified atom stereocenters. The normalized spacial score (nSPS) is 26.2. The minimum atomic E-state index is -0.786. The van der Waals surface area contributed by atoms with E-state index in [-0.39, 0.29) is 30.9 Å². The number of aromatic nitrogens is 6. The van der Waals surface area contributed by atoms with Gasteiger partial charge in [-0.25, -0.2) is 9.78 Å². The quantitative estimate of drug-likeness (QED) is 0.193. The van der Waals surface area contributed by atoms with Gasteiger partial charge in [-0.1, -0.05) is 12.2 Å². The summed E-state index contributed by atoms with van der Waals surface area (Å²) in [5, 5.41) is 13.8. The van der Waals surface area contributed by atoms with Crippen LogP contribution < -0.4 is 22.3 Å². The van der Waals surface area contributed by atoms with Gasteiger partial charge < -0.3 is 34.9 Å².